The van der Waals surface area contributed by atoms with Gasteiger partial charge in [0.2, 0.25) is 5.91 Å². The Morgan fingerprint density at radius 2 is 1.82 bits per heavy atom. The number of fused-ring (bicyclic) bond motifs is 1. The van der Waals surface area contributed by atoms with Crippen LogP contribution in [-0.2, 0) is 9.59 Å². The topological polar surface area (TPSA) is 91.5 Å². The molecule has 33 heavy (non-hydrogen) atoms. The highest BCUT2D eigenvalue weighted by Crippen LogP contribution is 2.30. The number of rotatable bonds is 5. The van der Waals surface area contributed by atoms with Gasteiger partial charge < -0.3 is 19.9 Å². The van der Waals surface area contributed by atoms with Crippen molar-refractivity contribution in [3.05, 3.63) is 64.6 Å². The number of carbonyl (C=O) groups excluding carboxylic acids is 2. The third kappa shape index (κ3) is 4.92. The summed E-state index contributed by atoms with van der Waals surface area (Å²) < 4.78 is 5.94. The van der Waals surface area contributed by atoms with E-state index in [0.717, 1.165) is 34.9 Å². The second-order valence-electron chi connectivity index (χ2n) is 8.61. The van der Waals surface area contributed by atoms with Crippen molar-refractivity contribution in [2.24, 2.45) is 0 Å². The van der Waals surface area contributed by atoms with Crippen molar-refractivity contribution < 1.29 is 14.3 Å². The zero-order valence-electron chi connectivity index (χ0n) is 19.2. The fourth-order valence-corrected chi connectivity index (χ4v) is 4.45. The molecular weight excluding hydrogens is 418 g/mol. The summed E-state index contributed by atoms with van der Waals surface area (Å²) in [7, 11) is 0. The number of aromatic nitrogens is 1. The largest absolute Gasteiger partial charge is 0.481 e. The van der Waals surface area contributed by atoms with E-state index in [4.69, 9.17) is 4.74 Å². The van der Waals surface area contributed by atoms with Crippen LogP contribution >= 0.6 is 0 Å². The van der Waals surface area contributed by atoms with Crippen LogP contribution in [0, 0.1) is 6.92 Å². The number of carbonyl (C=O) groups is 2. The lowest BCUT2D eigenvalue weighted by Gasteiger charge is -2.33. The quantitative estimate of drug-likeness (QED) is 0.627. The Morgan fingerprint density at radius 1 is 1.09 bits per heavy atom. The molecule has 1 atom stereocenters. The van der Waals surface area contributed by atoms with Gasteiger partial charge in [-0.15, -0.1) is 0 Å². The van der Waals surface area contributed by atoms with E-state index in [2.05, 4.69) is 10.3 Å². The number of benzene rings is 2. The molecule has 1 aliphatic heterocycles. The lowest BCUT2D eigenvalue weighted by atomic mass is 9.97. The molecule has 172 valence electrons. The molecule has 2 heterocycles. The Morgan fingerprint density at radius 3 is 2.52 bits per heavy atom. The molecule has 0 unspecified atom stereocenters. The van der Waals surface area contributed by atoms with E-state index in [0.29, 0.717) is 24.2 Å². The molecule has 2 N–H and O–H groups in total. The van der Waals surface area contributed by atoms with Gasteiger partial charge in [-0.25, -0.2) is 0 Å². The summed E-state index contributed by atoms with van der Waals surface area (Å²) in [4.78, 5) is 41.3. The van der Waals surface area contributed by atoms with Crippen LogP contribution in [0.2, 0.25) is 0 Å². The molecule has 7 nitrogen and oxygen atoms in total. The van der Waals surface area contributed by atoms with Crippen molar-refractivity contribution in [3.8, 4) is 16.9 Å². The Labute approximate surface area is 192 Å². The average Bonchev–Trinajstić information content (AvgIpc) is 2.80. The number of H-pyrrole nitrogens is 1. The SMILES string of the molecule is CC(=O)NC1CCN(C(=O)[C@@H](C)Oc2ccc3c(-c4ccccc4C)c[nH]c(=O)c3c2)CC1. The number of aryl methyl sites for hydroxylation is 1. The normalized spacial score (nSPS) is 15.3. The maximum atomic E-state index is 12.9. The highest BCUT2D eigenvalue weighted by molar-refractivity contribution is 5.97. The second kappa shape index (κ2) is 9.48. The molecule has 0 radical (unpaired) electrons. The van der Waals surface area contributed by atoms with E-state index in [-0.39, 0.29) is 23.4 Å². The molecule has 3 aromatic rings. The predicted molar refractivity (Wildman–Crippen MR) is 128 cm³/mol. The molecule has 0 bridgehead atoms. The van der Waals surface area contributed by atoms with Gasteiger partial charge in [0.05, 0.1) is 5.39 Å². The van der Waals surface area contributed by atoms with E-state index < -0.39 is 6.10 Å². The van der Waals surface area contributed by atoms with Crippen molar-refractivity contribution in [1.82, 2.24) is 15.2 Å². The first kappa shape index (κ1) is 22.6. The molecule has 1 saturated heterocycles. The number of hydrogen-bond donors (Lipinski definition) is 2. The van der Waals surface area contributed by atoms with Crippen molar-refractivity contribution in [1.29, 1.82) is 0 Å². The average molecular weight is 448 g/mol. The first-order valence-corrected chi connectivity index (χ1v) is 11.3. The Bertz CT molecular complexity index is 1240. The van der Waals surface area contributed by atoms with Crippen LogP contribution in [0.25, 0.3) is 21.9 Å². The van der Waals surface area contributed by atoms with E-state index in [1.807, 2.05) is 37.3 Å². The number of nitrogens with zero attached hydrogens (tertiary/aromatic N) is 1. The van der Waals surface area contributed by atoms with Crippen LogP contribution in [0.5, 0.6) is 5.75 Å². The number of nitrogens with one attached hydrogen (secondary N) is 2. The third-order valence-corrected chi connectivity index (χ3v) is 6.18. The Hall–Kier alpha value is -3.61. The number of ether oxygens (including phenoxy) is 1. The second-order valence-corrected chi connectivity index (χ2v) is 8.61. The summed E-state index contributed by atoms with van der Waals surface area (Å²) in [6.45, 7) is 6.42. The standard InChI is InChI=1S/C26H29N3O4/c1-16-6-4-5-7-21(16)24-15-27-25(31)23-14-20(8-9-22(23)24)33-17(2)26(32)29-12-10-19(11-13-29)28-18(3)30/h4-9,14-15,17,19H,10-13H2,1-3H3,(H,27,31)(H,28,30)/t17-/m1/s1. The van der Waals surface area contributed by atoms with Crippen molar-refractivity contribution >= 4 is 22.6 Å². The van der Waals surface area contributed by atoms with Gasteiger partial charge in [0, 0.05) is 37.8 Å². The van der Waals surface area contributed by atoms with Crippen molar-refractivity contribution in [2.75, 3.05) is 13.1 Å². The number of amides is 2. The molecule has 2 amide bonds. The first-order valence-electron chi connectivity index (χ1n) is 11.3. The summed E-state index contributed by atoms with van der Waals surface area (Å²) in [5.74, 6) is 0.330. The van der Waals surface area contributed by atoms with Crippen LogP contribution in [0.15, 0.2) is 53.5 Å². The lowest BCUT2D eigenvalue weighted by Crippen LogP contribution is -2.49. The van der Waals surface area contributed by atoms with Gasteiger partial charge >= 0.3 is 0 Å². The van der Waals surface area contributed by atoms with Gasteiger partial charge in [0.25, 0.3) is 11.5 Å². The van der Waals surface area contributed by atoms with Gasteiger partial charge in [-0.05, 0) is 61.4 Å². The minimum atomic E-state index is -0.682. The lowest BCUT2D eigenvalue weighted by molar-refractivity contribution is -0.139. The molecule has 1 fully saturated rings. The predicted octanol–water partition coefficient (Wildman–Crippen LogP) is 3.40. The highest BCUT2D eigenvalue weighted by atomic mass is 16.5. The summed E-state index contributed by atoms with van der Waals surface area (Å²) in [6.07, 6.45) is 2.51. The van der Waals surface area contributed by atoms with Crippen molar-refractivity contribution in [3.63, 3.8) is 0 Å². The molecule has 2 aromatic carbocycles. The summed E-state index contributed by atoms with van der Waals surface area (Å²) in [5.41, 5.74) is 2.92. The number of likely N-dealkylation sites (tertiary alicyclic amines) is 1. The van der Waals surface area contributed by atoms with Gasteiger partial charge in [0.15, 0.2) is 6.10 Å². The summed E-state index contributed by atoms with van der Waals surface area (Å²) >= 11 is 0. The number of piperidine rings is 1. The Balaban J connectivity index is 1.51. The monoisotopic (exact) mass is 447 g/mol. The number of aromatic amines is 1. The first-order chi connectivity index (χ1) is 15.8. The van der Waals surface area contributed by atoms with E-state index >= 15 is 0 Å². The number of pyridine rings is 1. The van der Waals surface area contributed by atoms with Gasteiger partial charge in [0.1, 0.15) is 5.75 Å². The molecule has 4 rings (SSSR count). The van der Waals surface area contributed by atoms with Crippen LogP contribution < -0.4 is 15.6 Å². The van der Waals surface area contributed by atoms with Gasteiger partial charge in [-0.2, -0.15) is 0 Å². The van der Waals surface area contributed by atoms with Crippen LogP contribution in [0.4, 0.5) is 0 Å². The zero-order chi connectivity index (χ0) is 23.5. The van der Waals surface area contributed by atoms with E-state index in [9.17, 15) is 14.4 Å². The molecule has 0 spiro atoms. The molecule has 1 aromatic heterocycles. The van der Waals surface area contributed by atoms with Crippen LogP contribution in [0.3, 0.4) is 0 Å². The van der Waals surface area contributed by atoms with Crippen LogP contribution in [-0.4, -0.2) is 46.9 Å². The minimum absolute atomic E-state index is 0.0478. The third-order valence-electron chi connectivity index (χ3n) is 6.18. The Kier molecular flexibility index (Phi) is 6.49. The molecule has 1 aliphatic rings. The van der Waals surface area contributed by atoms with Crippen LogP contribution in [0.1, 0.15) is 32.3 Å². The minimum Gasteiger partial charge on any atom is -0.481 e. The molecule has 0 saturated carbocycles. The molecule has 7 heteroatoms. The fraction of sp³-hybridized carbons (Fsp3) is 0.346. The van der Waals surface area contributed by atoms with Gasteiger partial charge in [-0.1, -0.05) is 24.3 Å². The number of hydrogen-bond acceptors (Lipinski definition) is 4. The van der Waals surface area contributed by atoms with E-state index in [1.165, 1.54) is 6.92 Å². The molecular formula is C26H29N3O4. The maximum Gasteiger partial charge on any atom is 0.263 e. The maximum absolute atomic E-state index is 12.9. The van der Waals surface area contributed by atoms with Gasteiger partial charge in [-0.3, -0.25) is 14.4 Å². The zero-order valence-corrected chi connectivity index (χ0v) is 19.2. The summed E-state index contributed by atoms with van der Waals surface area (Å²) in [6, 6.07) is 13.5. The fourth-order valence-electron chi connectivity index (χ4n) is 4.45. The smallest absolute Gasteiger partial charge is 0.263 e. The summed E-state index contributed by atoms with van der Waals surface area (Å²) in [5, 5.41) is 4.26. The van der Waals surface area contributed by atoms with Crippen molar-refractivity contribution in [2.45, 2.75) is 45.8 Å². The highest BCUT2D eigenvalue weighted by Gasteiger charge is 2.27. The van der Waals surface area contributed by atoms with E-state index in [1.54, 1.807) is 30.2 Å². The molecule has 0 aliphatic carbocycles.